The maximum Gasteiger partial charge on any atom is 0.320 e. The second-order valence-electron chi connectivity index (χ2n) is 5.63. The number of carbonyl (C=O) groups is 1. The van der Waals surface area contributed by atoms with Gasteiger partial charge in [0, 0.05) is 26.2 Å². The molecule has 0 aromatic carbocycles. The first-order valence-corrected chi connectivity index (χ1v) is 6.94. The lowest BCUT2D eigenvalue weighted by atomic mass is 10.00. The summed E-state index contributed by atoms with van der Waals surface area (Å²) in [5.41, 5.74) is 5.57. The molecule has 4 heteroatoms. The Morgan fingerprint density at radius 3 is 2.47 bits per heavy atom. The number of likely N-dealkylation sites (tertiary alicyclic amines) is 2. The van der Waals surface area contributed by atoms with Gasteiger partial charge in [-0.3, -0.25) is 0 Å². The average Bonchev–Trinajstić information content (AvgIpc) is 2.78. The maximum absolute atomic E-state index is 12.3. The molecular formula is C13H25N3O. The number of hydrogen-bond donors (Lipinski definition) is 1. The molecule has 2 amide bonds. The minimum absolute atomic E-state index is 0.261. The van der Waals surface area contributed by atoms with E-state index in [0.717, 1.165) is 64.3 Å². The van der Waals surface area contributed by atoms with E-state index >= 15 is 0 Å². The first kappa shape index (κ1) is 12.7. The highest BCUT2D eigenvalue weighted by Gasteiger charge is 2.30. The van der Waals surface area contributed by atoms with E-state index in [-0.39, 0.29) is 6.03 Å². The lowest BCUT2D eigenvalue weighted by molar-refractivity contribution is 0.141. The summed E-state index contributed by atoms with van der Waals surface area (Å²) in [5.74, 6) is 1.41. The van der Waals surface area contributed by atoms with Crippen LogP contribution in [0.3, 0.4) is 0 Å². The molecule has 1 unspecified atom stereocenters. The summed E-state index contributed by atoms with van der Waals surface area (Å²) in [6, 6.07) is 0.261. The van der Waals surface area contributed by atoms with Crippen molar-refractivity contribution in [3.8, 4) is 0 Å². The van der Waals surface area contributed by atoms with Crippen LogP contribution in [0.15, 0.2) is 0 Å². The number of nitrogens with two attached hydrogens (primary N) is 1. The molecule has 2 aliphatic heterocycles. The number of carbonyl (C=O) groups excluding carboxylic acids is 1. The molecule has 0 aliphatic carbocycles. The van der Waals surface area contributed by atoms with E-state index in [4.69, 9.17) is 5.73 Å². The second kappa shape index (κ2) is 5.71. The number of rotatable bonds is 2. The number of nitrogens with zero attached hydrogens (tertiary/aromatic N) is 2. The van der Waals surface area contributed by atoms with Gasteiger partial charge in [0.1, 0.15) is 0 Å². The van der Waals surface area contributed by atoms with Crippen LogP contribution in [0.5, 0.6) is 0 Å². The fourth-order valence-electron chi connectivity index (χ4n) is 2.88. The van der Waals surface area contributed by atoms with Crippen molar-refractivity contribution < 1.29 is 4.79 Å². The van der Waals surface area contributed by atoms with Crippen molar-refractivity contribution in [3.05, 3.63) is 0 Å². The first-order chi connectivity index (χ1) is 8.20. The van der Waals surface area contributed by atoms with Crippen molar-refractivity contribution in [3.63, 3.8) is 0 Å². The van der Waals surface area contributed by atoms with Gasteiger partial charge < -0.3 is 15.5 Å². The molecular weight excluding hydrogens is 214 g/mol. The monoisotopic (exact) mass is 239 g/mol. The smallest absolute Gasteiger partial charge is 0.320 e. The third kappa shape index (κ3) is 3.12. The van der Waals surface area contributed by atoms with Gasteiger partial charge in [0.25, 0.3) is 0 Å². The Morgan fingerprint density at radius 2 is 1.82 bits per heavy atom. The van der Waals surface area contributed by atoms with E-state index in [9.17, 15) is 4.79 Å². The van der Waals surface area contributed by atoms with Crippen molar-refractivity contribution in [1.82, 2.24) is 9.80 Å². The SMILES string of the molecule is CC1CCN(C(=O)N2CCC(CCN)C2)CC1. The van der Waals surface area contributed by atoms with E-state index in [1.165, 1.54) is 0 Å². The molecule has 98 valence electrons. The number of urea groups is 1. The molecule has 0 aromatic heterocycles. The maximum atomic E-state index is 12.3. The van der Waals surface area contributed by atoms with E-state index in [2.05, 4.69) is 6.92 Å². The molecule has 2 N–H and O–H groups in total. The van der Waals surface area contributed by atoms with Crippen LogP contribution in [-0.4, -0.2) is 48.6 Å². The Hall–Kier alpha value is -0.770. The van der Waals surface area contributed by atoms with E-state index in [0.29, 0.717) is 5.92 Å². The molecule has 0 bridgehead atoms. The van der Waals surface area contributed by atoms with Gasteiger partial charge in [0.15, 0.2) is 0 Å². The zero-order chi connectivity index (χ0) is 12.3. The Morgan fingerprint density at radius 1 is 1.18 bits per heavy atom. The average molecular weight is 239 g/mol. The van der Waals surface area contributed by atoms with Gasteiger partial charge in [0.2, 0.25) is 0 Å². The molecule has 17 heavy (non-hydrogen) atoms. The van der Waals surface area contributed by atoms with Crippen molar-refractivity contribution >= 4 is 6.03 Å². The summed E-state index contributed by atoms with van der Waals surface area (Å²) in [4.78, 5) is 16.3. The third-order valence-electron chi connectivity index (χ3n) is 4.19. The van der Waals surface area contributed by atoms with Gasteiger partial charge in [0.05, 0.1) is 0 Å². The van der Waals surface area contributed by atoms with Crippen LogP contribution >= 0.6 is 0 Å². The normalized spacial score (nSPS) is 26.6. The molecule has 4 nitrogen and oxygen atoms in total. The number of piperidine rings is 1. The van der Waals surface area contributed by atoms with Gasteiger partial charge >= 0.3 is 6.03 Å². The quantitative estimate of drug-likeness (QED) is 0.794. The molecule has 0 aromatic rings. The lowest BCUT2D eigenvalue weighted by Crippen LogP contribution is -2.45. The van der Waals surface area contributed by atoms with Gasteiger partial charge in [-0.15, -0.1) is 0 Å². The third-order valence-corrected chi connectivity index (χ3v) is 4.19. The molecule has 0 saturated carbocycles. The molecule has 2 aliphatic rings. The minimum Gasteiger partial charge on any atom is -0.330 e. The summed E-state index contributed by atoms with van der Waals surface area (Å²) in [7, 11) is 0. The number of hydrogen-bond acceptors (Lipinski definition) is 2. The summed E-state index contributed by atoms with van der Waals surface area (Å²) in [6.07, 6.45) is 4.51. The predicted octanol–water partition coefficient (Wildman–Crippen LogP) is 1.51. The predicted molar refractivity (Wildman–Crippen MR) is 68.7 cm³/mol. The summed E-state index contributed by atoms with van der Waals surface area (Å²) < 4.78 is 0. The summed E-state index contributed by atoms with van der Waals surface area (Å²) >= 11 is 0. The van der Waals surface area contributed by atoms with E-state index in [1.54, 1.807) is 0 Å². The topological polar surface area (TPSA) is 49.6 Å². The van der Waals surface area contributed by atoms with Crippen LogP contribution in [0.25, 0.3) is 0 Å². The van der Waals surface area contributed by atoms with Crippen molar-refractivity contribution in [2.45, 2.75) is 32.6 Å². The zero-order valence-electron chi connectivity index (χ0n) is 10.9. The zero-order valence-corrected chi connectivity index (χ0v) is 10.9. The van der Waals surface area contributed by atoms with Crippen LogP contribution in [-0.2, 0) is 0 Å². The van der Waals surface area contributed by atoms with E-state index in [1.807, 2.05) is 9.80 Å². The Balaban J connectivity index is 1.80. The molecule has 2 saturated heterocycles. The first-order valence-electron chi connectivity index (χ1n) is 6.94. The highest BCUT2D eigenvalue weighted by Crippen LogP contribution is 2.22. The highest BCUT2D eigenvalue weighted by molar-refractivity contribution is 5.74. The largest absolute Gasteiger partial charge is 0.330 e. The summed E-state index contributed by atoms with van der Waals surface area (Å²) in [5, 5.41) is 0. The van der Waals surface area contributed by atoms with Crippen molar-refractivity contribution in [2.24, 2.45) is 17.6 Å². The molecule has 2 fully saturated rings. The Labute approximate surface area is 104 Å². The van der Waals surface area contributed by atoms with Crippen LogP contribution < -0.4 is 5.73 Å². The van der Waals surface area contributed by atoms with E-state index < -0.39 is 0 Å². The molecule has 2 rings (SSSR count). The van der Waals surface area contributed by atoms with Gasteiger partial charge in [-0.1, -0.05) is 6.92 Å². The van der Waals surface area contributed by atoms with Crippen molar-refractivity contribution in [1.29, 1.82) is 0 Å². The fraction of sp³-hybridized carbons (Fsp3) is 0.923. The highest BCUT2D eigenvalue weighted by atomic mass is 16.2. The summed E-state index contributed by atoms with van der Waals surface area (Å²) in [6.45, 7) is 6.75. The Bertz CT molecular complexity index is 261. The van der Waals surface area contributed by atoms with Crippen LogP contribution in [0.2, 0.25) is 0 Å². The van der Waals surface area contributed by atoms with Crippen LogP contribution in [0.1, 0.15) is 32.6 Å². The standard InChI is InChI=1S/C13H25N3O/c1-11-3-7-15(8-4-11)13(17)16-9-5-12(10-16)2-6-14/h11-12H,2-10,14H2,1H3. The molecule has 0 spiro atoms. The number of amides is 2. The van der Waals surface area contributed by atoms with Gasteiger partial charge in [-0.2, -0.15) is 0 Å². The molecule has 2 heterocycles. The lowest BCUT2D eigenvalue weighted by Gasteiger charge is -2.33. The van der Waals surface area contributed by atoms with Gasteiger partial charge in [-0.25, -0.2) is 4.79 Å². The fourth-order valence-corrected chi connectivity index (χ4v) is 2.88. The second-order valence-corrected chi connectivity index (χ2v) is 5.63. The minimum atomic E-state index is 0.261. The molecule has 0 radical (unpaired) electrons. The van der Waals surface area contributed by atoms with Gasteiger partial charge in [-0.05, 0) is 44.1 Å². The molecule has 1 atom stereocenters. The van der Waals surface area contributed by atoms with Crippen LogP contribution in [0.4, 0.5) is 4.79 Å². The van der Waals surface area contributed by atoms with Crippen molar-refractivity contribution in [2.75, 3.05) is 32.7 Å². The Kier molecular flexibility index (Phi) is 4.26. The van der Waals surface area contributed by atoms with Crippen LogP contribution in [0, 0.1) is 11.8 Å².